The number of thiazole rings is 1. The number of halogens is 5. The highest BCUT2D eigenvalue weighted by Crippen LogP contribution is 2.36. The van der Waals surface area contributed by atoms with Crippen molar-refractivity contribution in [2.45, 2.75) is 6.18 Å². The maximum Gasteiger partial charge on any atom is 0.416 e. The Morgan fingerprint density at radius 3 is 2.35 bits per heavy atom. The zero-order valence-electron chi connectivity index (χ0n) is 12.6. The minimum atomic E-state index is -4.49. The van der Waals surface area contributed by atoms with Crippen molar-refractivity contribution < 1.29 is 18.3 Å². The van der Waals surface area contributed by atoms with E-state index in [1.54, 1.807) is 0 Å². The molecular formula is C17H7Cl2F3N2OS. The Morgan fingerprint density at radius 1 is 1.12 bits per heavy atom. The number of nitrogens with zero attached hydrogens (tertiary/aromatic N) is 2. The fourth-order valence-electron chi connectivity index (χ4n) is 2.25. The topological polar surface area (TPSA) is 56.9 Å². The van der Waals surface area contributed by atoms with E-state index in [0.717, 1.165) is 23.5 Å². The Hall–Kier alpha value is -2.27. The van der Waals surface area contributed by atoms with E-state index < -0.39 is 17.5 Å². The van der Waals surface area contributed by atoms with Gasteiger partial charge in [-0.1, -0.05) is 23.2 Å². The van der Waals surface area contributed by atoms with E-state index in [9.17, 15) is 23.5 Å². The van der Waals surface area contributed by atoms with Crippen molar-refractivity contribution in [1.82, 2.24) is 4.98 Å². The molecule has 0 fully saturated rings. The molecule has 0 unspecified atom stereocenters. The van der Waals surface area contributed by atoms with Crippen molar-refractivity contribution in [2.75, 3.05) is 0 Å². The molecule has 3 rings (SSSR count). The van der Waals surface area contributed by atoms with E-state index in [1.165, 1.54) is 24.3 Å². The molecule has 0 aliphatic heterocycles. The molecule has 132 valence electrons. The van der Waals surface area contributed by atoms with Gasteiger partial charge in [-0.3, -0.25) is 0 Å². The SMILES string of the molecule is N#C/C(=C(/O)c1cc(Cl)cc(Cl)c1)c1nc2cc(C(F)(F)F)ccc2s1. The van der Waals surface area contributed by atoms with Crippen LogP contribution in [0.25, 0.3) is 21.5 Å². The number of aromatic nitrogens is 1. The largest absolute Gasteiger partial charge is 0.506 e. The van der Waals surface area contributed by atoms with Gasteiger partial charge in [-0.15, -0.1) is 11.3 Å². The van der Waals surface area contributed by atoms with Gasteiger partial charge in [-0.2, -0.15) is 18.4 Å². The Labute approximate surface area is 159 Å². The number of allylic oxidation sites excluding steroid dienone is 1. The number of fused-ring (bicyclic) bond motifs is 1. The lowest BCUT2D eigenvalue weighted by atomic mass is 10.1. The third-order valence-corrected chi connectivity index (χ3v) is 4.90. The van der Waals surface area contributed by atoms with E-state index in [4.69, 9.17) is 23.2 Å². The zero-order chi connectivity index (χ0) is 19.1. The summed E-state index contributed by atoms with van der Waals surface area (Å²) >= 11 is 12.8. The summed E-state index contributed by atoms with van der Waals surface area (Å²) in [5, 5.41) is 20.4. The summed E-state index contributed by atoms with van der Waals surface area (Å²) in [5.74, 6) is -0.410. The van der Waals surface area contributed by atoms with Crippen LogP contribution in [0, 0.1) is 11.3 Å². The molecule has 0 saturated heterocycles. The average molecular weight is 415 g/mol. The van der Waals surface area contributed by atoms with Gasteiger partial charge in [0, 0.05) is 15.6 Å². The van der Waals surface area contributed by atoms with Crippen molar-refractivity contribution in [3.05, 3.63) is 62.6 Å². The first-order chi connectivity index (χ1) is 12.2. The molecule has 26 heavy (non-hydrogen) atoms. The van der Waals surface area contributed by atoms with Crippen LogP contribution in [0.2, 0.25) is 10.0 Å². The molecule has 0 saturated carbocycles. The van der Waals surface area contributed by atoms with Gasteiger partial charge < -0.3 is 5.11 Å². The Morgan fingerprint density at radius 2 is 1.77 bits per heavy atom. The van der Waals surface area contributed by atoms with E-state index in [0.29, 0.717) is 4.70 Å². The molecule has 0 atom stereocenters. The van der Waals surface area contributed by atoms with Crippen molar-refractivity contribution in [3.8, 4) is 6.07 Å². The van der Waals surface area contributed by atoms with Gasteiger partial charge in [0.1, 0.15) is 22.4 Å². The summed E-state index contributed by atoms with van der Waals surface area (Å²) in [4.78, 5) is 4.06. The minimum Gasteiger partial charge on any atom is -0.506 e. The van der Waals surface area contributed by atoms with Gasteiger partial charge in [0.2, 0.25) is 0 Å². The third-order valence-electron chi connectivity index (χ3n) is 3.41. The van der Waals surface area contributed by atoms with Crippen molar-refractivity contribution >= 4 is 56.1 Å². The number of rotatable bonds is 2. The predicted octanol–water partition coefficient (Wildman–Crippen LogP) is 6.57. The van der Waals surface area contributed by atoms with Crippen LogP contribution in [0.3, 0.4) is 0 Å². The number of hydrogen-bond donors (Lipinski definition) is 1. The molecule has 0 amide bonds. The maximum atomic E-state index is 12.8. The van der Waals surface area contributed by atoms with Crippen LogP contribution in [-0.4, -0.2) is 10.1 Å². The van der Waals surface area contributed by atoms with Crippen LogP contribution in [0.1, 0.15) is 16.1 Å². The summed E-state index contributed by atoms with van der Waals surface area (Å²) in [6.45, 7) is 0. The fraction of sp³-hybridized carbons (Fsp3) is 0.0588. The van der Waals surface area contributed by atoms with Crippen LogP contribution in [0.15, 0.2) is 36.4 Å². The molecule has 3 aromatic rings. The van der Waals surface area contributed by atoms with Crippen LogP contribution >= 0.6 is 34.5 Å². The maximum absolute atomic E-state index is 12.8. The molecular weight excluding hydrogens is 408 g/mol. The summed E-state index contributed by atoms with van der Waals surface area (Å²) in [6.07, 6.45) is -4.49. The molecule has 3 nitrogen and oxygen atoms in total. The van der Waals surface area contributed by atoms with Gasteiger partial charge in [0.15, 0.2) is 0 Å². The lowest BCUT2D eigenvalue weighted by Crippen LogP contribution is -2.03. The number of alkyl halides is 3. The fourth-order valence-corrected chi connectivity index (χ4v) is 3.72. The highest BCUT2D eigenvalue weighted by molar-refractivity contribution is 7.19. The third kappa shape index (κ3) is 3.63. The second-order valence-electron chi connectivity index (χ2n) is 5.19. The monoisotopic (exact) mass is 414 g/mol. The second-order valence-corrected chi connectivity index (χ2v) is 7.10. The summed E-state index contributed by atoms with van der Waals surface area (Å²) in [6, 6.07) is 9.24. The second kappa shape index (κ2) is 6.80. The van der Waals surface area contributed by atoms with Crippen LogP contribution < -0.4 is 0 Å². The number of benzene rings is 2. The predicted molar refractivity (Wildman–Crippen MR) is 96.1 cm³/mol. The molecule has 0 radical (unpaired) electrons. The molecule has 0 aliphatic carbocycles. The minimum absolute atomic E-state index is 0.0875. The van der Waals surface area contributed by atoms with Crippen molar-refractivity contribution in [1.29, 1.82) is 5.26 Å². The average Bonchev–Trinajstić information content (AvgIpc) is 2.96. The van der Waals surface area contributed by atoms with Crippen LogP contribution in [0.5, 0.6) is 0 Å². The summed E-state index contributed by atoms with van der Waals surface area (Å²) in [7, 11) is 0. The molecule has 0 bridgehead atoms. The Balaban J connectivity index is 2.14. The molecule has 1 N–H and O–H groups in total. The first kappa shape index (κ1) is 18.5. The van der Waals surface area contributed by atoms with E-state index in [2.05, 4.69) is 4.98 Å². The van der Waals surface area contributed by atoms with Crippen molar-refractivity contribution in [2.24, 2.45) is 0 Å². The van der Waals surface area contributed by atoms with Gasteiger partial charge in [0.25, 0.3) is 0 Å². The first-order valence-electron chi connectivity index (χ1n) is 6.97. The van der Waals surface area contributed by atoms with Crippen LogP contribution in [0.4, 0.5) is 13.2 Å². The molecule has 2 aromatic carbocycles. The van der Waals surface area contributed by atoms with Crippen molar-refractivity contribution in [3.63, 3.8) is 0 Å². The number of hydrogen-bond acceptors (Lipinski definition) is 4. The molecule has 1 heterocycles. The smallest absolute Gasteiger partial charge is 0.416 e. The molecule has 0 spiro atoms. The lowest BCUT2D eigenvalue weighted by Gasteiger charge is -2.05. The number of aliphatic hydroxyl groups is 1. The quantitative estimate of drug-likeness (QED) is 0.380. The van der Waals surface area contributed by atoms with Crippen LogP contribution in [-0.2, 0) is 6.18 Å². The Bertz CT molecular complexity index is 1060. The van der Waals surface area contributed by atoms with Gasteiger partial charge in [-0.05, 0) is 36.4 Å². The van der Waals surface area contributed by atoms with E-state index in [-0.39, 0.29) is 31.7 Å². The lowest BCUT2D eigenvalue weighted by molar-refractivity contribution is -0.137. The molecule has 9 heteroatoms. The van der Waals surface area contributed by atoms with Gasteiger partial charge in [0.05, 0.1) is 15.8 Å². The molecule has 1 aromatic heterocycles. The zero-order valence-corrected chi connectivity index (χ0v) is 14.9. The summed E-state index contributed by atoms with van der Waals surface area (Å²) in [5.41, 5.74) is -0.730. The van der Waals surface area contributed by atoms with Gasteiger partial charge >= 0.3 is 6.18 Å². The van der Waals surface area contributed by atoms with E-state index in [1.807, 2.05) is 6.07 Å². The standard InChI is InChI=1S/C17H7Cl2F3N2OS/c18-10-3-8(4-11(19)6-10)15(25)12(7-23)16-24-13-5-9(17(20,21)22)1-2-14(13)26-16/h1-6,25H/b15-12-. The highest BCUT2D eigenvalue weighted by Gasteiger charge is 2.31. The molecule has 0 aliphatic rings. The van der Waals surface area contributed by atoms with E-state index >= 15 is 0 Å². The van der Waals surface area contributed by atoms with Gasteiger partial charge in [-0.25, -0.2) is 4.98 Å². The normalized spacial score (nSPS) is 12.8. The highest BCUT2D eigenvalue weighted by atomic mass is 35.5. The Kier molecular flexibility index (Phi) is 4.84. The number of nitriles is 1. The summed E-state index contributed by atoms with van der Waals surface area (Å²) < 4.78 is 38.9. The first-order valence-corrected chi connectivity index (χ1v) is 8.54. The number of aliphatic hydroxyl groups excluding tert-OH is 1.